The Kier molecular flexibility index (Phi) is 4.96. The maximum Gasteiger partial charge on any atom is 0.238 e. The van der Waals surface area contributed by atoms with Gasteiger partial charge in [0.1, 0.15) is 10.8 Å². The molecule has 0 saturated heterocycles. The Balaban J connectivity index is 2.16. The lowest BCUT2D eigenvalue weighted by molar-refractivity contribution is 0.456. The monoisotopic (exact) mass is 297 g/mol. The Morgan fingerprint density at radius 3 is 2.89 bits per heavy atom. The average Bonchev–Trinajstić information content (AvgIpc) is 2.42. The zero-order chi connectivity index (χ0) is 13.7. The summed E-state index contributed by atoms with van der Waals surface area (Å²) in [5, 5.41) is 3.98. The molecule has 0 unspecified atom stereocenters. The van der Waals surface area contributed by atoms with Crippen LogP contribution in [-0.2, 0) is 6.54 Å². The molecular weight excluding hydrogens is 285 g/mol. The molecule has 0 bridgehead atoms. The first-order valence-corrected chi connectivity index (χ1v) is 6.59. The van der Waals surface area contributed by atoms with Crippen molar-refractivity contribution >= 4 is 23.2 Å². The summed E-state index contributed by atoms with van der Waals surface area (Å²) in [6.45, 7) is 3.54. The summed E-state index contributed by atoms with van der Waals surface area (Å²) in [5.41, 5.74) is 0.803. The molecule has 0 fully saturated rings. The Labute approximate surface area is 121 Å². The molecule has 1 heterocycles. The van der Waals surface area contributed by atoms with Crippen LogP contribution < -0.4 is 10.1 Å². The van der Waals surface area contributed by atoms with Gasteiger partial charge in [0.2, 0.25) is 5.88 Å². The summed E-state index contributed by atoms with van der Waals surface area (Å²) in [6, 6.07) is 5.19. The zero-order valence-corrected chi connectivity index (χ0v) is 11.9. The van der Waals surface area contributed by atoms with E-state index < -0.39 is 0 Å². The second kappa shape index (κ2) is 6.70. The highest BCUT2D eigenvalue weighted by molar-refractivity contribution is 6.42. The molecule has 2 rings (SSSR count). The van der Waals surface area contributed by atoms with Gasteiger partial charge in [-0.1, -0.05) is 36.2 Å². The lowest BCUT2D eigenvalue weighted by Gasteiger charge is -2.08. The molecule has 0 aliphatic rings. The predicted octanol–water partition coefficient (Wildman–Crippen LogP) is 3.69. The lowest BCUT2D eigenvalue weighted by Crippen LogP contribution is -2.13. The number of halogens is 2. The number of hydrogen-bond acceptors (Lipinski definition) is 4. The minimum Gasteiger partial charge on any atom is -0.436 e. The third-order valence-electron chi connectivity index (χ3n) is 2.35. The van der Waals surface area contributed by atoms with Gasteiger partial charge in [-0.2, -0.15) is 0 Å². The van der Waals surface area contributed by atoms with Crippen molar-refractivity contribution in [2.24, 2.45) is 0 Å². The second-order valence-electron chi connectivity index (χ2n) is 3.78. The van der Waals surface area contributed by atoms with Crippen molar-refractivity contribution in [1.82, 2.24) is 15.3 Å². The summed E-state index contributed by atoms with van der Waals surface area (Å²) in [7, 11) is 0. The molecule has 0 amide bonds. The smallest absolute Gasteiger partial charge is 0.238 e. The standard InChI is InChI=1S/C13H13Cl2N3O/c1-2-16-6-9-7-17-8-12(18-9)19-11-5-3-4-10(14)13(11)15/h3-5,7-8,16H,2,6H2,1H3. The first-order valence-electron chi connectivity index (χ1n) is 5.84. The molecule has 2 aromatic rings. The molecule has 0 aliphatic carbocycles. The summed E-state index contributed by atoms with van der Waals surface area (Å²) in [4.78, 5) is 8.41. The van der Waals surface area contributed by atoms with Gasteiger partial charge in [0.25, 0.3) is 0 Å². The van der Waals surface area contributed by atoms with Crippen LogP contribution in [0.25, 0.3) is 0 Å². The molecule has 1 N–H and O–H groups in total. The topological polar surface area (TPSA) is 47.0 Å². The van der Waals surface area contributed by atoms with Crippen molar-refractivity contribution in [2.45, 2.75) is 13.5 Å². The largest absolute Gasteiger partial charge is 0.436 e. The Morgan fingerprint density at radius 2 is 2.11 bits per heavy atom. The summed E-state index contributed by atoms with van der Waals surface area (Å²) < 4.78 is 5.59. The van der Waals surface area contributed by atoms with Crippen LogP contribution in [0.3, 0.4) is 0 Å². The van der Waals surface area contributed by atoms with Crippen LogP contribution in [-0.4, -0.2) is 16.5 Å². The van der Waals surface area contributed by atoms with Gasteiger partial charge in [-0.15, -0.1) is 0 Å². The third kappa shape index (κ3) is 3.80. The van der Waals surface area contributed by atoms with Crippen LogP contribution in [0.1, 0.15) is 12.6 Å². The number of aromatic nitrogens is 2. The van der Waals surface area contributed by atoms with Gasteiger partial charge in [-0.3, -0.25) is 4.98 Å². The average molecular weight is 298 g/mol. The SMILES string of the molecule is CCNCc1cncc(Oc2cccc(Cl)c2Cl)n1. The van der Waals surface area contributed by atoms with Crippen molar-refractivity contribution < 1.29 is 4.74 Å². The first kappa shape index (κ1) is 14.1. The first-order chi connectivity index (χ1) is 9.20. The fraction of sp³-hybridized carbons (Fsp3) is 0.231. The van der Waals surface area contributed by atoms with Gasteiger partial charge in [0, 0.05) is 12.7 Å². The van der Waals surface area contributed by atoms with Gasteiger partial charge in [-0.05, 0) is 18.7 Å². The quantitative estimate of drug-likeness (QED) is 0.914. The van der Waals surface area contributed by atoms with Gasteiger partial charge in [-0.25, -0.2) is 4.98 Å². The van der Waals surface area contributed by atoms with E-state index in [2.05, 4.69) is 15.3 Å². The van der Waals surface area contributed by atoms with Crippen molar-refractivity contribution in [1.29, 1.82) is 0 Å². The molecule has 6 heteroatoms. The van der Waals surface area contributed by atoms with Crippen LogP contribution in [0.2, 0.25) is 10.0 Å². The summed E-state index contributed by atoms with van der Waals surface area (Å²) in [6.07, 6.45) is 3.22. The number of benzene rings is 1. The zero-order valence-electron chi connectivity index (χ0n) is 10.4. The van der Waals surface area contributed by atoms with E-state index in [0.717, 1.165) is 12.2 Å². The highest BCUT2D eigenvalue weighted by atomic mass is 35.5. The Hall–Kier alpha value is -1.36. The Bertz CT molecular complexity index is 563. The Morgan fingerprint density at radius 1 is 1.26 bits per heavy atom. The summed E-state index contributed by atoms with van der Waals surface area (Å²) >= 11 is 12.0. The van der Waals surface area contributed by atoms with Gasteiger partial charge < -0.3 is 10.1 Å². The van der Waals surface area contributed by atoms with E-state index in [0.29, 0.717) is 28.2 Å². The van der Waals surface area contributed by atoms with E-state index in [9.17, 15) is 0 Å². The summed E-state index contributed by atoms with van der Waals surface area (Å²) in [5.74, 6) is 0.851. The predicted molar refractivity (Wildman–Crippen MR) is 75.9 cm³/mol. The van der Waals surface area contributed by atoms with E-state index in [-0.39, 0.29) is 0 Å². The highest BCUT2D eigenvalue weighted by Crippen LogP contribution is 2.33. The van der Waals surface area contributed by atoms with Crippen molar-refractivity contribution in [2.75, 3.05) is 6.54 Å². The molecule has 1 aromatic carbocycles. The molecule has 0 saturated carbocycles. The molecule has 0 atom stereocenters. The molecule has 0 spiro atoms. The van der Waals surface area contributed by atoms with Crippen molar-refractivity contribution in [3.63, 3.8) is 0 Å². The maximum atomic E-state index is 6.05. The van der Waals surface area contributed by atoms with Crippen LogP contribution in [0.4, 0.5) is 0 Å². The van der Waals surface area contributed by atoms with E-state index >= 15 is 0 Å². The van der Waals surface area contributed by atoms with Crippen LogP contribution in [0, 0.1) is 0 Å². The van der Waals surface area contributed by atoms with Gasteiger partial charge in [0.15, 0.2) is 0 Å². The molecular formula is C13H13Cl2N3O. The molecule has 0 radical (unpaired) electrons. The number of nitrogens with one attached hydrogen (secondary N) is 1. The fourth-order valence-electron chi connectivity index (χ4n) is 1.45. The third-order valence-corrected chi connectivity index (χ3v) is 3.15. The van der Waals surface area contributed by atoms with E-state index in [1.807, 2.05) is 6.92 Å². The fourth-order valence-corrected chi connectivity index (χ4v) is 1.78. The number of hydrogen-bond donors (Lipinski definition) is 1. The van der Waals surface area contributed by atoms with E-state index in [4.69, 9.17) is 27.9 Å². The minimum absolute atomic E-state index is 0.364. The van der Waals surface area contributed by atoms with Crippen molar-refractivity contribution in [3.05, 3.63) is 46.3 Å². The normalized spacial score (nSPS) is 10.5. The molecule has 100 valence electrons. The van der Waals surface area contributed by atoms with Gasteiger partial charge in [0.05, 0.1) is 16.9 Å². The lowest BCUT2D eigenvalue weighted by atomic mass is 10.3. The highest BCUT2D eigenvalue weighted by Gasteiger charge is 2.08. The van der Waals surface area contributed by atoms with E-state index in [1.54, 1.807) is 24.4 Å². The van der Waals surface area contributed by atoms with Crippen LogP contribution >= 0.6 is 23.2 Å². The van der Waals surface area contributed by atoms with E-state index in [1.165, 1.54) is 6.20 Å². The number of nitrogens with zero attached hydrogens (tertiary/aromatic N) is 2. The second-order valence-corrected chi connectivity index (χ2v) is 4.57. The molecule has 0 aliphatic heterocycles. The minimum atomic E-state index is 0.364. The molecule has 1 aromatic heterocycles. The molecule has 4 nitrogen and oxygen atoms in total. The van der Waals surface area contributed by atoms with Crippen LogP contribution in [0.15, 0.2) is 30.6 Å². The maximum absolute atomic E-state index is 6.05. The number of ether oxygens (including phenoxy) is 1. The molecule has 19 heavy (non-hydrogen) atoms. The van der Waals surface area contributed by atoms with Crippen molar-refractivity contribution in [3.8, 4) is 11.6 Å². The van der Waals surface area contributed by atoms with Crippen LogP contribution in [0.5, 0.6) is 11.6 Å². The van der Waals surface area contributed by atoms with Gasteiger partial charge >= 0.3 is 0 Å². The number of rotatable bonds is 5.